The highest BCUT2D eigenvalue weighted by atomic mass is 16.3. The van der Waals surface area contributed by atoms with Crippen molar-refractivity contribution in [3.05, 3.63) is 176 Å². The molecule has 3 heterocycles. The van der Waals surface area contributed by atoms with Crippen LogP contribution in [0, 0.1) is 0 Å². The lowest BCUT2D eigenvalue weighted by atomic mass is 9.79. The van der Waals surface area contributed by atoms with Gasteiger partial charge in [0.1, 0.15) is 11.2 Å². The number of benzene rings is 7. The predicted molar refractivity (Wildman–Crippen MR) is 219 cm³/mol. The van der Waals surface area contributed by atoms with E-state index in [2.05, 4.69) is 174 Å². The van der Waals surface area contributed by atoms with Gasteiger partial charge in [-0.25, -0.2) is 0 Å². The molecule has 0 spiro atoms. The summed E-state index contributed by atoms with van der Waals surface area (Å²) in [5.74, 6) is 0. The van der Waals surface area contributed by atoms with Gasteiger partial charge in [0.05, 0.1) is 17.1 Å². The highest BCUT2D eigenvalue weighted by Crippen LogP contribution is 2.54. The fourth-order valence-electron chi connectivity index (χ4n) is 8.65. The first-order valence-electron chi connectivity index (χ1n) is 18.2. The van der Waals surface area contributed by atoms with Gasteiger partial charge in [0.25, 0.3) is 0 Å². The molecule has 0 atom stereocenters. The van der Waals surface area contributed by atoms with E-state index in [1.807, 2.05) is 12.3 Å². The summed E-state index contributed by atoms with van der Waals surface area (Å²) in [6.07, 6.45) is 1.93. The van der Waals surface area contributed by atoms with Crippen molar-refractivity contribution in [2.24, 2.45) is 0 Å². The molecule has 53 heavy (non-hydrogen) atoms. The van der Waals surface area contributed by atoms with Gasteiger partial charge in [0, 0.05) is 58.1 Å². The molecule has 11 rings (SSSR count). The number of hydrogen-bond acceptors (Lipinski definition) is 4. The number of para-hydroxylation sites is 4. The first kappa shape index (κ1) is 29.8. The Labute approximate surface area is 307 Å². The van der Waals surface area contributed by atoms with Gasteiger partial charge in [0.15, 0.2) is 0 Å². The second-order valence-electron chi connectivity index (χ2n) is 13.8. The fraction of sp³-hybridized carbons (Fsp3) is 0.0408. The van der Waals surface area contributed by atoms with Crippen LogP contribution in [0.25, 0.3) is 77.7 Å². The smallest absolute Gasteiger partial charge is 0.143 e. The number of aromatic nitrogens is 1. The first-order valence-corrected chi connectivity index (χ1v) is 18.2. The molecule has 4 nitrogen and oxygen atoms in total. The van der Waals surface area contributed by atoms with Gasteiger partial charge in [-0.1, -0.05) is 121 Å². The minimum absolute atomic E-state index is 0.857. The van der Waals surface area contributed by atoms with Crippen LogP contribution in [0.2, 0.25) is 0 Å². The van der Waals surface area contributed by atoms with Crippen LogP contribution in [0.3, 0.4) is 0 Å². The highest BCUT2D eigenvalue weighted by Gasteiger charge is 2.31. The maximum absolute atomic E-state index is 6.64. The Morgan fingerprint density at radius 2 is 0.962 bits per heavy atom. The van der Waals surface area contributed by atoms with Crippen molar-refractivity contribution in [1.29, 1.82) is 0 Å². The van der Waals surface area contributed by atoms with Crippen molar-refractivity contribution < 1.29 is 4.42 Å². The standard InChI is InChI=1S/C49H33N3O/c1-3-14-32(15-4-1)51-28-29-52(33-16-5-2-6-17-33)45-31-43-42(30-44(45)51)34-18-7-8-20-36(34)47-37(39-25-13-27-50-48(39)43)21-11-22-38(47)41-24-12-23-40-35-19-9-10-26-46(35)53-49(40)41/h1-27,30-31H,28-29H2. The van der Waals surface area contributed by atoms with Crippen molar-refractivity contribution in [2.45, 2.75) is 0 Å². The monoisotopic (exact) mass is 679 g/mol. The zero-order chi connectivity index (χ0) is 34.9. The number of fused-ring (bicyclic) bond motifs is 12. The largest absolute Gasteiger partial charge is 0.455 e. The number of hydrogen-bond donors (Lipinski definition) is 0. The molecular weight excluding hydrogens is 647 g/mol. The molecular formula is C49H33N3O. The third kappa shape index (κ3) is 4.59. The second-order valence-corrected chi connectivity index (χ2v) is 13.8. The second kappa shape index (κ2) is 11.8. The van der Waals surface area contributed by atoms with Crippen LogP contribution in [0.15, 0.2) is 180 Å². The lowest BCUT2D eigenvalue weighted by Crippen LogP contribution is -2.36. The van der Waals surface area contributed by atoms with Gasteiger partial charge in [-0.3, -0.25) is 4.98 Å². The maximum Gasteiger partial charge on any atom is 0.143 e. The lowest BCUT2D eigenvalue weighted by molar-refractivity contribution is 0.670. The minimum atomic E-state index is 0.857. The summed E-state index contributed by atoms with van der Waals surface area (Å²) in [6.45, 7) is 1.71. The van der Waals surface area contributed by atoms with Gasteiger partial charge >= 0.3 is 0 Å². The van der Waals surface area contributed by atoms with Gasteiger partial charge < -0.3 is 14.2 Å². The van der Waals surface area contributed by atoms with Crippen molar-refractivity contribution in [3.8, 4) is 55.8 Å². The topological polar surface area (TPSA) is 32.5 Å². The summed E-state index contributed by atoms with van der Waals surface area (Å²) in [7, 11) is 0. The molecule has 1 aliphatic carbocycles. The van der Waals surface area contributed by atoms with Crippen molar-refractivity contribution in [3.63, 3.8) is 0 Å². The van der Waals surface area contributed by atoms with Gasteiger partial charge in [-0.05, 0) is 81.9 Å². The average molecular weight is 680 g/mol. The van der Waals surface area contributed by atoms with Crippen molar-refractivity contribution >= 4 is 44.7 Å². The molecule has 0 saturated carbocycles. The van der Waals surface area contributed by atoms with E-state index in [-0.39, 0.29) is 0 Å². The zero-order valence-corrected chi connectivity index (χ0v) is 28.9. The van der Waals surface area contributed by atoms with Crippen LogP contribution in [-0.4, -0.2) is 18.1 Å². The van der Waals surface area contributed by atoms with Crippen LogP contribution in [0.1, 0.15) is 0 Å². The van der Waals surface area contributed by atoms with E-state index in [4.69, 9.17) is 9.40 Å². The Balaban J connectivity index is 1.22. The molecule has 0 fully saturated rings. The predicted octanol–water partition coefficient (Wildman–Crippen LogP) is 12.9. The van der Waals surface area contributed by atoms with Crippen LogP contribution in [0.5, 0.6) is 0 Å². The Kier molecular flexibility index (Phi) is 6.65. The number of furan rings is 1. The summed E-state index contributed by atoms with van der Waals surface area (Å²) >= 11 is 0. The highest BCUT2D eigenvalue weighted by molar-refractivity contribution is 6.13. The molecule has 0 saturated heterocycles. The van der Waals surface area contributed by atoms with Crippen molar-refractivity contribution in [2.75, 3.05) is 22.9 Å². The number of anilines is 4. The zero-order valence-electron chi connectivity index (χ0n) is 28.9. The van der Waals surface area contributed by atoms with Crippen molar-refractivity contribution in [1.82, 2.24) is 4.98 Å². The van der Waals surface area contributed by atoms with E-state index in [0.29, 0.717) is 0 Å². The molecule has 0 bridgehead atoms. The molecule has 2 aliphatic rings. The first-order chi connectivity index (χ1) is 26.3. The number of rotatable bonds is 3. The van der Waals surface area contributed by atoms with Crippen LogP contribution < -0.4 is 9.80 Å². The van der Waals surface area contributed by atoms with E-state index in [0.717, 1.165) is 74.1 Å². The molecule has 4 heteroatoms. The summed E-state index contributed by atoms with van der Waals surface area (Å²) < 4.78 is 6.64. The van der Waals surface area contributed by atoms with E-state index >= 15 is 0 Å². The van der Waals surface area contributed by atoms with E-state index in [1.165, 1.54) is 39.4 Å². The fourth-order valence-corrected chi connectivity index (χ4v) is 8.65. The Bertz CT molecular complexity index is 2860. The van der Waals surface area contributed by atoms with E-state index in [1.54, 1.807) is 0 Å². The van der Waals surface area contributed by atoms with Gasteiger partial charge in [-0.2, -0.15) is 0 Å². The Morgan fingerprint density at radius 3 is 1.72 bits per heavy atom. The minimum Gasteiger partial charge on any atom is -0.455 e. The normalized spacial score (nSPS) is 13.1. The third-order valence-corrected chi connectivity index (χ3v) is 11.0. The van der Waals surface area contributed by atoms with Gasteiger partial charge in [0.2, 0.25) is 0 Å². The van der Waals surface area contributed by atoms with Gasteiger partial charge in [-0.15, -0.1) is 0 Å². The summed E-state index contributed by atoms with van der Waals surface area (Å²) in [6, 6.07) is 61.0. The Morgan fingerprint density at radius 1 is 0.415 bits per heavy atom. The molecule has 1 aliphatic heterocycles. The molecule has 0 amide bonds. The Hall–Kier alpha value is -6.91. The SMILES string of the molecule is c1ccc(N2CCN(c3ccccc3)c3cc4c(cc32)-c2ccccc2-c2c(cccc2-c2cccc3c2oc2ccccc23)-c2cccnc2-4)cc1. The van der Waals surface area contributed by atoms with E-state index < -0.39 is 0 Å². The summed E-state index contributed by atoms with van der Waals surface area (Å²) in [4.78, 5) is 10.1. The molecule has 250 valence electrons. The molecule has 2 aromatic heterocycles. The van der Waals surface area contributed by atoms with E-state index in [9.17, 15) is 0 Å². The maximum atomic E-state index is 6.64. The van der Waals surface area contributed by atoms with Crippen LogP contribution in [0.4, 0.5) is 22.7 Å². The number of nitrogens with zero attached hydrogens (tertiary/aromatic N) is 3. The third-order valence-electron chi connectivity index (χ3n) is 11.0. The average Bonchev–Trinajstić information content (AvgIpc) is 3.62. The summed E-state index contributed by atoms with van der Waals surface area (Å²) in [5, 5.41) is 2.25. The molecule has 0 unspecified atom stereocenters. The molecule has 9 aromatic rings. The lowest BCUT2D eigenvalue weighted by Gasteiger charge is -2.40. The molecule has 0 radical (unpaired) electrons. The quantitative estimate of drug-likeness (QED) is 0.186. The summed E-state index contributed by atoms with van der Waals surface area (Å²) in [5.41, 5.74) is 17.8. The number of pyridine rings is 1. The van der Waals surface area contributed by atoms with Crippen LogP contribution in [-0.2, 0) is 0 Å². The molecule has 0 N–H and O–H groups in total. The van der Waals surface area contributed by atoms with Crippen LogP contribution >= 0.6 is 0 Å². The molecule has 7 aromatic carbocycles.